The first-order valence-corrected chi connectivity index (χ1v) is 9.86. The number of thiocarbonyl (C=S) groups is 1. The van der Waals surface area contributed by atoms with Gasteiger partial charge < -0.3 is 15.0 Å². The number of carbonyl (C=O) groups excluding carboxylic acids is 2. The molecular weight excluding hydrogens is 356 g/mol. The van der Waals surface area contributed by atoms with Crippen LogP contribution in [0.4, 0.5) is 5.69 Å². The van der Waals surface area contributed by atoms with Crippen LogP contribution in [0.2, 0.25) is 0 Å². The van der Waals surface area contributed by atoms with Crippen LogP contribution >= 0.6 is 24.0 Å². The van der Waals surface area contributed by atoms with Crippen molar-refractivity contribution in [2.75, 3.05) is 18.6 Å². The Morgan fingerprint density at radius 2 is 2.12 bits per heavy atom. The van der Waals surface area contributed by atoms with Gasteiger partial charge in [-0.3, -0.25) is 9.59 Å². The number of amides is 2. The molecule has 4 rings (SSSR count). The molecule has 5 nitrogen and oxygen atoms in total. The summed E-state index contributed by atoms with van der Waals surface area (Å²) >= 11 is 6.51. The number of benzene rings is 1. The summed E-state index contributed by atoms with van der Waals surface area (Å²) in [6.07, 6.45) is 4.22. The first-order valence-electron chi connectivity index (χ1n) is 8.57. The normalized spacial score (nSPS) is 22.8. The molecule has 1 aromatic rings. The van der Waals surface area contributed by atoms with Crippen LogP contribution < -0.4 is 15.0 Å². The predicted molar refractivity (Wildman–Crippen MR) is 102 cm³/mol. The number of hydrogen-bond acceptors (Lipinski definition) is 5. The Kier molecular flexibility index (Phi) is 4.45. The van der Waals surface area contributed by atoms with Gasteiger partial charge in [0.15, 0.2) is 0 Å². The van der Waals surface area contributed by atoms with Crippen molar-refractivity contribution in [3.63, 3.8) is 0 Å². The molecule has 25 heavy (non-hydrogen) atoms. The predicted octanol–water partition coefficient (Wildman–Crippen LogP) is 2.44. The number of fused-ring (bicyclic) bond motifs is 1. The highest BCUT2D eigenvalue weighted by molar-refractivity contribution is 8.24. The van der Waals surface area contributed by atoms with E-state index in [1.165, 1.54) is 24.6 Å². The molecule has 2 aliphatic heterocycles. The van der Waals surface area contributed by atoms with Crippen LogP contribution in [-0.2, 0) is 22.4 Å². The fourth-order valence-electron chi connectivity index (χ4n) is 3.56. The molecule has 2 fully saturated rings. The van der Waals surface area contributed by atoms with Gasteiger partial charge in [0.2, 0.25) is 11.8 Å². The SMILES string of the molecule is COc1ccc(CC2SC(=S)NC2=O)c2c1N(CC1CC1)C(=O)CC2. The van der Waals surface area contributed by atoms with Crippen LogP contribution in [0.15, 0.2) is 12.1 Å². The van der Waals surface area contributed by atoms with Gasteiger partial charge in [0, 0.05) is 13.0 Å². The van der Waals surface area contributed by atoms with E-state index in [0.717, 1.165) is 29.1 Å². The van der Waals surface area contributed by atoms with Crippen molar-refractivity contribution in [2.24, 2.45) is 5.92 Å². The van der Waals surface area contributed by atoms with E-state index in [1.807, 2.05) is 17.0 Å². The third-order valence-electron chi connectivity index (χ3n) is 5.03. The molecule has 1 saturated carbocycles. The molecule has 1 atom stereocenters. The van der Waals surface area contributed by atoms with Crippen molar-refractivity contribution in [3.05, 3.63) is 23.3 Å². The van der Waals surface area contributed by atoms with Crippen molar-refractivity contribution in [3.8, 4) is 5.75 Å². The Labute approximate surface area is 156 Å². The fourth-order valence-corrected chi connectivity index (χ4v) is 4.85. The second-order valence-electron chi connectivity index (χ2n) is 6.79. The van der Waals surface area contributed by atoms with E-state index in [0.29, 0.717) is 29.5 Å². The maximum Gasteiger partial charge on any atom is 0.239 e. The van der Waals surface area contributed by atoms with E-state index in [-0.39, 0.29) is 17.1 Å². The average Bonchev–Trinajstić information content (AvgIpc) is 3.35. The summed E-state index contributed by atoms with van der Waals surface area (Å²) in [4.78, 5) is 26.5. The number of nitrogens with one attached hydrogen (secondary N) is 1. The molecule has 1 N–H and O–H groups in total. The zero-order valence-corrected chi connectivity index (χ0v) is 15.7. The third-order valence-corrected chi connectivity index (χ3v) is 6.40. The number of ether oxygens (including phenoxy) is 1. The minimum Gasteiger partial charge on any atom is -0.495 e. The van der Waals surface area contributed by atoms with Gasteiger partial charge in [-0.25, -0.2) is 0 Å². The molecule has 1 saturated heterocycles. The van der Waals surface area contributed by atoms with Crippen LogP contribution in [0.5, 0.6) is 5.75 Å². The summed E-state index contributed by atoms with van der Waals surface area (Å²) in [5, 5.41) is 2.51. The highest BCUT2D eigenvalue weighted by Crippen LogP contribution is 2.42. The van der Waals surface area contributed by atoms with Crippen LogP contribution in [-0.4, -0.2) is 35.0 Å². The number of carbonyl (C=O) groups is 2. The van der Waals surface area contributed by atoms with E-state index < -0.39 is 0 Å². The molecule has 2 amide bonds. The zero-order chi connectivity index (χ0) is 17.6. The minimum atomic E-state index is -0.195. The van der Waals surface area contributed by atoms with Gasteiger partial charge >= 0.3 is 0 Å². The lowest BCUT2D eigenvalue weighted by Crippen LogP contribution is -2.37. The molecule has 0 aromatic heterocycles. The van der Waals surface area contributed by atoms with Gasteiger partial charge in [0.1, 0.15) is 10.1 Å². The molecule has 0 radical (unpaired) electrons. The van der Waals surface area contributed by atoms with E-state index in [1.54, 1.807) is 7.11 Å². The largest absolute Gasteiger partial charge is 0.495 e. The summed E-state index contributed by atoms with van der Waals surface area (Å²) in [6, 6.07) is 3.94. The lowest BCUT2D eigenvalue weighted by Gasteiger charge is -2.32. The summed E-state index contributed by atoms with van der Waals surface area (Å²) in [6.45, 7) is 0.772. The van der Waals surface area contributed by atoms with Gasteiger partial charge in [-0.1, -0.05) is 30.0 Å². The molecule has 2 heterocycles. The number of nitrogens with zero attached hydrogens (tertiary/aromatic N) is 1. The van der Waals surface area contributed by atoms with Gasteiger partial charge in [-0.05, 0) is 48.8 Å². The second-order valence-corrected chi connectivity index (χ2v) is 8.67. The number of anilines is 1. The van der Waals surface area contributed by atoms with E-state index in [4.69, 9.17) is 17.0 Å². The lowest BCUT2D eigenvalue weighted by atomic mass is 9.92. The molecule has 1 aliphatic carbocycles. The molecule has 7 heteroatoms. The summed E-state index contributed by atoms with van der Waals surface area (Å²) in [5.74, 6) is 1.49. The summed E-state index contributed by atoms with van der Waals surface area (Å²) < 4.78 is 6.10. The minimum absolute atomic E-state index is 0.0266. The summed E-state index contributed by atoms with van der Waals surface area (Å²) in [7, 11) is 1.64. The Bertz CT molecular complexity index is 761. The van der Waals surface area contributed by atoms with Crippen molar-refractivity contribution < 1.29 is 14.3 Å². The highest BCUT2D eigenvalue weighted by Gasteiger charge is 2.35. The lowest BCUT2D eigenvalue weighted by molar-refractivity contribution is -0.119. The molecule has 1 unspecified atom stereocenters. The Morgan fingerprint density at radius 1 is 1.32 bits per heavy atom. The van der Waals surface area contributed by atoms with Crippen molar-refractivity contribution in [1.82, 2.24) is 5.32 Å². The van der Waals surface area contributed by atoms with Crippen LogP contribution in [0.3, 0.4) is 0 Å². The van der Waals surface area contributed by atoms with Gasteiger partial charge in [-0.15, -0.1) is 0 Å². The standard InChI is InChI=1S/C18H20N2O3S2/c1-23-13-6-4-11(8-14-17(22)19-18(24)25-14)12-5-7-15(21)20(16(12)13)9-10-2-3-10/h4,6,10,14H,2-3,5,7-9H2,1H3,(H,19,22,24). The van der Waals surface area contributed by atoms with Gasteiger partial charge in [0.05, 0.1) is 18.0 Å². The maximum absolute atomic E-state index is 12.5. The van der Waals surface area contributed by atoms with Crippen molar-refractivity contribution in [1.29, 1.82) is 0 Å². The first kappa shape index (κ1) is 16.8. The number of thioether (sulfide) groups is 1. The van der Waals surface area contributed by atoms with Crippen LogP contribution in [0, 0.1) is 5.92 Å². The summed E-state index contributed by atoms with van der Waals surface area (Å²) in [5.41, 5.74) is 3.17. The molecule has 0 bridgehead atoms. The highest BCUT2D eigenvalue weighted by atomic mass is 32.2. The number of methoxy groups -OCH3 is 1. The topological polar surface area (TPSA) is 58.6 Å². The van der Waals surface area contributed by atoms with Crippen LogP contribution in [0.1, 0.15) is 30.4 Å². The quantitative estimate of drug-likeness (QED) is 0.800. The third kappa shape index (κ3) is 3.27. The molecule has 132 valence electrons. The van der Waals surface area contributed by atoms with Gasteiger partial charge in [0.25, 0.3) is 0 Å². The Morgan fingerprint density at radius 3 is 2.76 bits per heavy atom. The molecule has 0 spiro atoms. The van der Waals surface area contributed by atoms with E-state index in [9.17, 15) is 9.59 Å². The van der Waals surface area contributed by atoms with E-state index >= 15 is 0 Å². The maximum atomic E-state index is 12.5. The second kappa shape index (κ2) is 6.61. The molecular formula is C18H20N2O3S2. The number of hydrogen-bond donors (Lipinski definition) is 1. The van der Waals surface area contributed by atoms with E-state index in [2.05, 4.69) is 5.32 Å². The first-order chi connectivity index (χ1) is 12.1. The molecule has 3 aliphatic rings. The van der Waals surface area contributed by atoms with Crippen molar-refractivity contribution in [2.45, 2.75) is 37.4 Å². The Hall–Kier alpha value is -1.60. The smallest absolute Gasteiger partial charge is 0.239 e. The van der Waals surface area contributed by atoms with Gasteiger partial charge in [-0.2, -0.15) is 0 Å². The fraction of sp³-hybridized carbons (Fsp3) is 0.500. The number of rotatable bonds is 5. The van der Waals surface area contributed by atoms with Crippen molar-refractivity contribution >= 4 is 45.8 Å². The Balaban J connectivity index is 1.69. The monoisotopic (exact) mass is 376 g/mol. The average molecular weight is 377 g/mol. The zero-order valence-electron chi connectivity index (χ0n) is 14.0. The van der Waals surface area contributed by atoms with Crippen LogP contribution in [0.25, 0.3) is 0 Å². The molecule has 1 aromatic carbocycles.